The maximum Gasteiger partial charge on any atom is 0.251 e. The molecule has 15 heteroatoms. The van der Waals surface area contributed by atoms with Crippen LogP contribution in [-0.2, 0) is 36.8 Å². The molecule has 2 aromatic rings. The number of nitrogens with zero attached hydrogens (tertiary/aromatic N) is 5. The summed E-state index contributed by atoms with van der Waals surface area (Å²) >= 11 is 1.98. The van der Waals surface area contributed by atoms with Crippen LogP contribution in [0.3, 0.4) is 0 Å². The van der Waals surface area contributed by atoms with E-state index in [1.165, 1.54) is 18.2 Å². The van der Waals surface area contributed by atoms with E-state index in [0.29, 0.717) is 88.2 Å². The monoisotopic (exact) mass is 783 g/mol. The first kappa shape index (κ1) is 44.3. The van der Waals surface area contributed by atoms with E-state index >= 15 is 0 Å². The van der Waals surface area contributed by atoms with Crippen LogP contribution in [0.1, 0.15) is 49.3 Å². The second kappa shape index (κ2) is 24.9. The van der Waals surface area contributed by atoms with E-state index in [1.807, 2.05) is 43.0 Å². The van der Waals surface area contributed by atoms with Gasteiger partial charge in [-0.15, -0.1) is 0 Å². The third-order valence-electron chi connectivity index (χ3n) is 9.49. The van der Waals surface area contributed by atoms with E-state index in [4.69, 9.17) is 39.7 Å². The lowest BCUT2D eigenvalue weighted by molar-refractivity contribution is -0.000579. The number of carbonyl (C=O) groups is 1. The third kappa shape index (κ3) is 15.2. The van der Waals surface area contributed by atoms with Crippen LogP contribution in [0.15, 0.2) is 58.9 Å². The summed E-state index contributed by atoms with van der Waals surface area (Å²) in [7, 11) is 0. The number of carbonyl (C=O) groups excluding carboxylic acids is 1. The van der Waals surface area contributed by atoms with Gasteiger partial charge < -0.3 is 39.3 Å². The Morgan fingerprint density at radius 2 is 1.75 bits per heavy atom. The summed E-state index contributed by atoms with van der Waals surface area (Å²) in [5.41, 5.74) is 9.47. The second-order valence-electron chi connectivity index (χ2n) is 13.5. The van der Waals surface area contributed by atoms with E-state index in [1.54, 1.807) is 6.92 Å². The number of allylic oxidation sites excluding steroid dienone is 4. The molecule has 2 fully saturated rings. The molecule has 2 aliphatic rings. The fourth-order valence-electron chi connectivity index (χ4n) is 6.10. The largest absolute Gasteiger partial charge is 0.378 e. The summed E-state index contributed by atoms with van der Waals surface area (Å²) in [5, 5.41) is 12.5. The van der Waals surface area contributed by atoms with Crippen molar-refractivity contribution in [2.45, 2.75) is 51.4 Å². The number of amides is 1. The Morgan fingerprint density at radius 1 is 1.07 bits per heavy atom. The van der Waals surface area contributed by atoms with Gasteiger partial charge in [-0.25, -0.2) is 9.37 Å². The number of rotatable bonds is 26. The molecule has 3 heterocycles. The number of thioether (sulfide) groups is 1. The van der Waals surface area contributed by atoms with Crippen molar-refractivity contribution in [3.63, 3.8) is 0 Å². The van der Waals surface area contributed by atoms with Gasteiger partial charge in [-0.05, 0) is 87.7 Å². The van der Waals surface area contributed by atoms with Gasteiger partial charge in [0.25, 0.3) is 5.91 Å². The van der Waals surface area contributed by atoms with E-state index in [9.17, 15) is 9.18 Å². The minimum atomic E-state index is -0.494. The molecule has 55 heavy (non-hydrogen) atoms. The molecular weight excluding hydrogens is 726 g/mol. The summed E-state index contributed by atoms with van der Waals surface area (Å²) < 4.78 is 44.0. The van der Waals surface area contributed by atoms with Gasteiger partial charge in [-0.2, -0.15) is 17.0 Å². The third-order valence-corrected chi connectivity index (χ3v) is 10.8. The molecule has 2 aliphatic heterocycles. The highest BCUT2D eigenvalue weighted by molar-refractivity contribution is 8.01. The molecule has 2 saturated heterocycles. The highest BCUT2D eigenvalue weighted by atomic mass is 32.2. The summed E-state index contributed by atoms with van der Waals surface area (Å²) in [6, 6.07) is 7.65. The van der Waals surface area contributed by atoms with Gasteiger partial charge in [-0.3, -0.25) is 14.7 Å². The topological polar surface area (TPSA) is 158 Å². The highest BCUT2D eigenvalue weighted by Crippen LogP contribution is 2.32. The minimum Gasteiger partial charge on any atom is -0.378 e. The number of nitriles is 1. The van der Waals surface area contributed by atoms with Gasteiger partial charge >= 0.3 is 0 Å². The van der Waals surface area contributed by atoms with E-state index in [0.717, 1.165) is 67.7 Å². The fraction of sp³-hybridized carbons (Fsp3) is 0.600. The Labute approximate surface area is 329 Å². The van der Waals surface area contributed by atoms with Crippen LogP contribution in [-0.4, -0.2) is 129 Å². The lowest BCUT2D eigenvalue weighted by atomic mass is 9.92. The number of hydrogen-bond acceptors (Lipinski definition) is 12. The molecule has 302 valence electrons. The number of hydrogen-bond donors (Lipinski definition) is 2. The molecule has 1 unspecified atom stereocenters. The Morgan fingerprint density at radius 3 is 2.36 bits per heavy atom. The molecule has 3 N–H and O–H groups in total. The predicted octanol–water partition coefficient (Wildman–Crippen LogP) is 4.82. The number of aliphatic imine (C=N–C) groups is 1. The molecule has 1 aromatic carbocycles. The van der Waals surface area contributed by atoms with Crippen molar-refractivity contribution >= 4 is 34.4 Å². The zero-order chi connectivity index (χ0) is 39.3. The molecule has 0 spiro atoms. The van der Waals surface area contributed by atoms with E-state index < -0.39 is 5.83 Å². The normalized spacial score (nSPS) is 17.5. The molecule has 1 amide bonds. The number of imidazole rings is 1. The van der Waals surface area contributed by atoms with Gasteiger partial charge in [0.15, 0.2) is 0 Å². The van der Waals surface area contributed by atoms with Crippen molar-refractivity contribution in [3.05, 3.63) is 65.3 Å². The Kier molecular flexibility index (Phi) is 20.1. The number of nitrogens with one attached hydrogen (secondary N) is 1. The maximum atomic E-state index is 14.3. The fourth-order valence-corrected chi connectivity index (χ4v) is 6.93. The van der Waals surface area contributed by atoms with Crippen molar-refractivity contribution in [2.24, 2.45) is 16.6 Å². The Bertz CT molecular complexity index is 1650. The highest BCUT2D eigenvalue weighted by Gasteiger charge is 2.26. The number of ether oxygens (including phenoxy) is 5. The van der Waals surface area contributed by atoms with E-state index in [2.05, 4.69) is 26.4 Å². The molecule has 0 radical (unpaired) electrons. The molecule has 1 aromatic heterocycles. The van der Waals surface area contributed by atoms with Crippen LogP contribution in [0.25, 0.3) is 11.0 Å². The van der Waals surface area contributed by atoms with Crippen molar-refractivity contribution < 1.29 is 32.9 Å². The first-order chi connectivity index (χ1) is 26.8. The molecule has 1 atom stereocenters. The first-order valence-corrected chi connectivity index (χ1v) is 20.2. The van der Waals surface area contributed by atoms with Crippen LogP contribution >= 0.6 is 11.8 Å². The molecule has 4 rings (SSSR count). The van der Waals surface area contributed by atoms with Gasteiger partial charge in [0, 0.05) is 36.2 Å². The van der Waals surface area contributed by atoms with Crippen LogP contribution in [0.5, 0.6) is 0 Å². The summed E-state index contributed by atoms with van der Waals surface area (Å²) in [5.74, 6) is 1.93. The summed E-state index contributed by atoms with van der Waals surface area (Å²) in [6.07, 6.45) is 5.62. The predicted molar refractivity (Wildman–Crippen MR) is 215 cm³/mol. The van der Waals surface area contributed by atoms with Crippen molar-refractivity contribution in [1.29, 1.82) is 5.26 Å². The average Bonchev–Trinajstić information content (AvgIpc) is 3.52. The van der Waals surface area contributed by atoms with Gasteiger partial charge in [0.2, 0.25) is 0 Å². The van der Waals surface area contributed by atoms with Crippen LogP contribution in [0.4, 0.5) is 4.39 Å². The second-order valence-corrected chi connectivity index (χ2v) is 14.9. The van der Waals surface area contributed by atoms with Crippen LogP contribution in [0.2, 0.25) is 0 Å². The zero-order valence-corrected chi connectivity index (χ0v) is 33.3. The number of benzene rings is 1. The number of aromatic nitrogens is 2. The first-order valence-electron chi connectivity index (χ1n) is 19.1. The van der Waals surface area contributed by atoms with Crippen molar-refractivity contribution in [1.82, 2.24) is 19.8 Å². The average molecular weight is 784 g/mol. The smallest absolute Gasteiger partial charge is 0.251 e. The van der Waals surface area contributed by atoms with Gasteiger partial charge in [0.1, 0.15) is 18.4 Å². The Hall–Kier alpha value is -3.46. The van der Waals surface area contributed by atoms with Gasteiger partial charge in [0.05, 0.1) is 88.7 Å². The molecule has 0 bridgehead atoms. The molecule has 13 nitrogen and oxygen atoms in total. The number of nitrogens with two attached hydrogens (primary N) is 1. The molecule has 0 aliphatic carbocycles. The van der Waals surface area contributed by atoms with Crippen LogP contribution in [0, 0.1) is 17.2 Å². The number of fused-ring (bicyclic) bond motifs is 1. The summed E-state index contributed by atoms with van der Waals surface area (Å²) in [4.78, 5) is 25.2. The number of halogens is 1. The Balaban J connectivity index is 1.21. The lowest BCUT2D eigenvalue weighted by Gasteiger charge is -2.32. The van der Waals surface area contributed by atoms with E-state index in [-0.39, 0.29) is 24.8 Å². The molecule has 0 saturated carbocycles. The van der Waals surface area contributed by atoms with Gasteiger partial charge in [-0.1, -0.05) is 12.7 Å². The van der Waals surface area contributed by atoms with Crippen LogP contribution < -0.4 is 11.1 Å². The minimum absolute atomic E-state index is 0.0945. The van der Waals surface area contributed by atoms with Crippen molar-refractivity contribution in [3.8, 4) is 6.07 Å². The lowest BCUT2D eigenvalue weighted by Crippen LogP contribution is -2.36. The standard InChI is InChI=1S/C40H58FN7O6S/c1-4-32(25-43)23-36(41)30(2)28-54-29-45-31(3)33-7-12-47(13-8-33)27-39-46-37-6-5-34(24-38(37)48(39)26-35-9-22-55-35)40(49)44-11-15-51-17-19-53-21-20-52-18-16-50-14-10-42/h4-6,23-24,33,35H,1,7-22,26-29,42H2,2-3H3,(H,44,49)/b32-23+,36-30-,45-31+. The SMILES string of the molecule is C=C/C(C#N)=C\C(F)=C(/C)COC/N=C(\C)C1CCN(Cc2nc3ccc(C(=O)NCCOCCOCCOCCOCCN)cc3n2CC2CCS2)CC1. The van der Waals surface area contributed by atoms with Crippen molar-refractivity contribution in [2.75, 3.05) is 98.1 Å². The number of piperidine rings is 1. The zero-order valence-electron chi connectivity index (χ0n) is 32.4. The summed E-state index contributed by atoms with van der Waals surface area (Å²) in [6.45, 7) is 15.6. The maximum absolute atomic E-state index is 14.3. The number of likely N-dealkylation sites (tertiary alicyclic amines) is 1. The quantitative estimate of drug-likeness (QED) is 0.0583. The molecular formula is C40H58FN7O6S.